The summed E-state index contributed by atoms with van der Waals surface area (Å²) in [5.41, 5.74) is 2.31. The first-order valence-corrected chi connectivity index (χ1v) is 7.83. The highest BCUT2D eigenvalue weighted by Gasteiger charge is 2.35. The van der Waals surface area contributed by atoms with Gasteiger partial charge in [0.2, 0.25) is 0 Å². The number of hydrogen-bond acceptors (Lipinski definition) is 5. The number of aryl methyl sites for hydroxylation is 2. The van der Waals surface area contributed by atoms with Crippen LogP contribution in [-0.4, -0.2) is 62.5 Å². The Bertz CT molecular complexity index is 607. The maximum atomic E-state index is 5.66. The second-order valence-corrected chi connectivity index (χ2v) is 5.85. The quantitative estimate of drug-likeness (QED) is 0.786. The minimum atomic E-state index is 0.188. The molecule has 0 N–H and O–H groups in total. The topological polar surface area (TPSA) is 61.0 Å². The van der Waals surface area contributed by atoms with Crippen LogP contribution in [0.25, 0.3) is 0 Å². The third kappa shape index (κ3) is 3.05. The SMILES string of the molecule is CCn1nccc1CCN1C[C@@H](OC)[C@H](c2cn(C)nn2)C1. The normalized spacial score (nSPS) is 22.5. The van der Waals surface area contributed by atoms with Crippen molar-refractivity contribution in [3.8, 4) is 0 Å². The summed E-state index contributed by atoms with van der Waals surface area (Å²) in [6.07, 6.45) is 5.07. The number of nitrogens with zero attached hydrogens (tertiary/aromatic N) is 6. The molecule has 0 unspecified atom stereocenters. The fraction of sp³-hybridized carbons (Fsp3) is 0.667. The smallest absolute Gasteiger partial charge is 0.0897 e. The third-order valence-electron chi connectivity index (χ3n) is 4.43. The van der Waals surface area contributed by atoms with Crippen LogP contribution in [0.3, 0.4) is 0 Å². The number of rotatable bonds is 6. The molecule has 2 aromatic rings. The molecule has 1 aliphatic heterocycles. The first-order chi connectivity index (χ1) is 10.7. The number of ether oxygens (including phenoxy) is 1. The number of aromatic nitrogens is 5. The van der Waals surface area contributed by atoms with Gasteiger partial charge in [-0.1, -0.05) is 5.21 Å². The zero-order chi connectivity index (χ0) is 15.5. The molecule has 2 atom stereocenters. The summed E-state index contributed by atoms with van der Waals surface area (Å²) in [7, 11) is 3.68. The average molecular weight is 304 g/mol. The van der Waals surface area contributed by atoms with E-state index in [0.717, 1.165) is 38.3 Å². The van der Waals surface area contributed by atoms with Crippen LogP contribution in [0.4, 0.5) is 0 Å². The summed E-state index contributed by atoms with van der Waals surface area (Å²) in [5, 5.41) is 12.6. The van der Waals surface area contributed by atoms with Crippen LogP contribution < -0.4 is 0 Å². The maximum absolute atomic E-state index is 5.66. The highest BCUT2D eigenvalue weighted by molar-refractivity contribution is 5.10. The molecule has 0 aliphatic carbocycles. The second-order valence-electron chi connectivity index (χ2n) is 5.85. The number of methoxy groups -OCH3 is 1. The van der Waals surface area contributed by atoms with Crippen molar-refractivity contribution >= 4 is 0 Å². The molecule has 22 heavy (non-hydrogen) atoms. The maximum Gasteiger partial charge on any atom is 0.0897 e. The van der Waals surface area contributed by atoms with Crippen molar-refractivity contribution in [3.63, 3.8) is 0 Å². The predicted molar refractivity (Wildman–Crippen MR) is 82.6 cm³/mol. The van der Waals surface area contributed by atoms with Crippen molar-refractivity contribution in [1.29, 1.82) is 0 Å². The van der Waals surface area contributed by atoms with Gasteiger partial charge in [-0.3, -0.25) is 14.3 Å². The summed E-state index contributed by atoms with van der Waals surface area (Å²) in [6.45, 7) is 5.97. The molecule has 1 saturated heterocycles. The summed E-state index contributed by atoms with van der Waals surface area (Å²) in [5.74, 6) is 0.301. The van der Waals surface area contributed by atoms with Gasteiger partial charge in [-0.15, -0.1) is 5.10 Å². The van der Waals surface area contributed by atoms with Crippen LogP contribution in [0, 0.1) is 0 Å². The minimum Gasteiger partial charge on any atom is -0.379 e. The summed E-state index contributed by atoms with van der Waals surface area (Å²) in [6, 6.07) is 2.10. The highest BCUT2D eigenvalue weighted by atomic mass is 16.5. The van der Waals surface area contributed by atoms with Crippen LogP contribution in [0.1, 0.15) is 24.2 Å². The summed E-state index contributed by atoms with van der Waals surface area (Å²) >= 11 is 0. The van der Waals surface area contributed by atoms with Crippen molar-refractivity contribution in [2.75, 3.05) is 26.7 Å². The molecule has 0 spiro atoms. The van der Waals surface area contributed by atoms with E-state index in [0.29, 0.717) is 5.92 Å². The van der Waals surface area contributed by atoms with E-state index < -0.39 is 0 Å². The van der Waals surface area contributed by atoms with Gasteiger partial charge in [0.15, 0.2) is 0 Å². The summed E-state index contributed by atoms with van der Waals surface area (Å²) < 4.78 is 9.48. The number of hydrogen-bond donors (Lipinski definition) is 0. The Labute approximate surface area is 130 Å². The van der Waals surface area contributed by atoms with Crippen LogP contribution in [0.15, 0.2) is 18.5 Å². The first kappa shape index (κ1) is 15.2. The van der Waals surface area contributed by atoms with Crippen LogP contribution >= 0.6 is 0 Å². The fourth-order valence-electron chi connectivity index (χ4n) is 3.22. The second kappa shape index (κ2) is 6.58. The zero-order valence-corrected chi connectivity index (χ0v) is 13.5. The van der Waals surface area contributed by atoms with Gasteiger partial charge in [0, 0.05) is 70.8 Å². The van der Waals surface area contributed by atoms with Crippen LogP contribution in [0.5, 0.6) is 0 Å². The van der Waals surface area contributed by atoms with Gasteiger partial charge in [0.05, 0.1) is 11.8 Å². The van der Waals surface area contributed by atoms with Gasteiger partial charge >= 0.3 is 0 Å². The standard InChI is InChI=1S/C15H24N6O/c1-4-21-12(5-7-16-21)6-8-20-9-13(15(11-20)22-3)14-10-19(2)18-17-14/h5,7,10,13,15H,4,6,8-9,11H2,1-3H3/t13-,15+/m0/s1. The molecule has 1 aliphatic rings. The monoisotopic (exact) mass is 304 g/mol. The van der Waals surface area contributed by atoms with E-state index >= 15 is 0 Å². The third-order valence-corrected chi connectivity index (χ3v) is 4.43. The Balaban J connectivity index is 1.62. The van der Waals surface area contributed by atoms with E-state index in [1.54, 1.807) is 11.8 Å². The van der Waals surface area contributed by atoms with E-state index in [1.165, 1.54) is 5.69 Å². The van der Waals surface area contributed by atoms with Gasteiger partial charge < -0.3 is 4.74 Å². The molecule has 1 fully saturated rings. The van der Waals surface area contributed by atoms with Gasteiger partial charge in [0.1, 0.15) is 0 Å². The number of likely N-dealkylation sites (tertiary alicyclic amines) is 1. The van der Waals surface area contributed by atoms with Crippen molar-refractivity contribution in [1.82, 2.24) is 29.7 Å². The van der Waals surface area contributed by atoms with Crippen LogP contribution in [-0.2, 0) is 24.8 Å². The van der Waals surface area contributed by atoms with E-state index in [-0.39, 0.29) is 6.10 Å². The van der Waals surface area contributed by atoms with E-state index in [2.05, 4.69) is 38.0 Å². The molecule has 7 heteroatoms. The molecule has 2 aromatic heterocycles. The van der Waals surface area contributed by atoms with E-state index in [9.17, 15) is 0 Å². The molecular formula is C15H24N6O. The Morgan fingerprint density at radius 1 is 1.36 bits per heavy atom. The minimum absolute atomic E-state index is 0.188. The van der Waals surface area contributed by atoms with Gasteiger partial charge in [-0.25, -0.2) is 0 Å². The Kier molecular flexibility index (Phi) is 4.54. The average Bonchev–Trinajstić information content (AvgIpc) is 3.23. The molecule has 0 aromatic carbocycles. The molecule has 0 bridgehead atoms. The Morgan fingerprint density at radius 2 is 2.23 bits per heavy atom. The van der Waals surface area contributed by atoms with Gasteiger partial charge in [-0.2, -0.15) is 5.10 Å². The molecule has 3 rings (SSSR count). The Hall–Kier alpha value is -1.73. The van der Waals surface area contributed by atoms with Gasteiger partial charge in [0.25, 0.3) is 0 Å². The zero-order valence-electron chi connectivity index (χ0n) is 13.5. The van der Waals surface area contributed by atoms with Gasteiger partial charge in [-0.05, 0) is 13.0 Å². The molecule has 0 saturated carbocycles. The molecule has 7 nitrogen and oxygen atoms in total. The lowest BCUT2D eigenvalue weighted by molar-refractivity contribution is 0.0964. The van der Waals surface area contributed by atoms with Crippen molar-refractivity contribution in [3.05, 3.63) is 29.8 Å². The molecule has 0 amide bonds. The molecule has 3 heterocycles. The molecule has 120 valence electrons. The fourth-order valence-corrected chi connectivity index (χ4v) is 3.22. The van der Waals surface area contributed by atoms with Crippen molar-refractivity contribution < 1.29 is 4.74 Å². The van der Waals surface area contributed by atoms with Crippen molar-refractivity contribution in [2.24, 2.45) is 7.05 Å². The predicted octanol–water partition coefficient (Wildman–Crippen LogP) is 0.688. The Morgan fingerprint density at radius 3 is 2.91 bits per heavy atom. The largest absolute Gasteiger partial charge is 0.379 e. The van der Waals surface area contributed by atoms with Crippen LogP contribution in [0.2, 0.25) is 0 Å². The van der Waals surface area contributed by atoms with E-state index in [4.69, 9.17) is 4.74 Å². The lowest BCUT2D eigenvalue weighted by Crippen LogP contribution is -2.25. The lowest BCUT2D eigenvalue weighted by atomic mass is 10.0. The highest BCUT2D eigenvalue weighted by Crippen LogP contribution is 2.28. The van der Waals surface area contributed by atoms with E-state index in [1.807, 2.05) is 19.4 Å². The summed E-state index contributed by atoms with van der Waals surface area (Å²) in [4.78, 5) is 2.44. The lowest BCUT2D eigenvalue weighted by Gasteiger charge is -2.15. The molecule has 0 radical (unpaired) electrons. The van der Waals surface area contributed by atoms with Crippen molar-refractivity contribution in [2.45, 2.75) is 31.9 Å². The molecular weight excluding hydrogens is 280 g/mol. The first-order valence-electron chi connectivity index (χ1n) is 7.83.